The number of H-pyrrole nitrogens is 1. The third-order valence-electron chi connectivity index (χ3n) is 2.73. The van der Waals surface area contributed by atoms with Crippen LogP contribution in [0.2, 0.25) is 0 Å². The molecule has 0 atom stereocenters. The topological polar surface area (TPSA) is 83.3 Å². The lowest BCUT2D eigenvalue weighted by atomic mass is 10.1. The first-order chi connectivity index (χ1) is 8.20. The van der Waals surface area contributed by atoms with Gasteiger partial charge in [0.25, 0.3) is 0 Å². The number of nitrogens with one attached hydrogen (secondary N) is 1. The Morgan fingerprint density at radius 3 is 3.06 bits per heavy atom. The zero-order valence-electron chi connectivity index (χ0n) is 9.14. The lowest BCUT2D eigenvalue weighted by Crippen LogP contribution is -2.17. The zero-order valence-corrected chi connectivity index (χ0v) is 9.14. The summed E-state index contributed by atoms with van der Waals surface area (Å²) in [6.07, 6.45) is 0. The predicted octanol–water partition coefficient (Wildman–Crippen LogP) is 0.372. The summed E-state index contributed by atoms with van der Waals surface area (Å²) in [6, 6.07) is 5.65. The maximum atomic E-state index is 11.8. The highest BCUT2D eigenvalue weighted by Gasteiger charge is 2.10. The molecule has 6 nitrogen and oxygen atoms in total. The number of aryl methyl sites for hydroxylation is 1. The number of aliphatic hydroxyl groups is 1. The van der Waals surface area contributed by atoms with Crippen molar-refractivity contribution in [1.82, 2.24) is 19.6 Å². The van der Waals surface area contributed by atoms with Gasteiger partial charge < -0.3 is 10.1 Å². The van der Waals surface area contributed by atoms with Crippen LogP contribution in [-0.4, -0.2) is 24.7 Å². The minimum atomic E-state index is -0.447. The Morgan fingerprint density at radius 2 is 2.29 bits per heavy atom. The fourth-order valence-electron chi connectivity index (χ4n) is 1.92. The number of rotatable bonds is 1. The second kappa shape index (κ2) is 3.39. The van der Waals surface area contributed by atoms with Crippen LogP contribution in [0.4, 0.5) is 0 Å². The number of aliphatic hydroxyl groups excluding tert-OH is 1. The van der Waals surface area contributed by atoms with Gasteiger partial charge in [-0.1, -0.05) is 12.1 Å². The standard InChI is InChI=1S/C11H10N4O2/c1-6-3-2-4-7-9(6)13-11(17)15-10(7)12-8(5-16)14-15/h2-4,16H,5H2,1H3,(H,12,14). The number of nitrogens with zero attached hydrogens (tertiary/aromatic N) is 3. The average Bonchev–Trinajstić information content (AvgIpc) is 2.76. The Labute approximate surface area is 95.5 Å². The summed E-state index contributed by atoms with van der Waals surface area (Å²) in [4.78, 5) is 18.7. The van der Waals surface area contributed by atoms with Gasteiger partial charge in [-0.25, -0.2) is 4.79 Å². The van der Waals surface area contributed by atoms with E-state index >= 15 is 0 Å². The molecule has 0 bridgehead atoms. The van der Waals surface area contributed by atoms with Crippen molar-refractivity contribution >= 4 is 16.6 Å². The van der Waals surface area contributed by atoms with E-state index in [1.54, 1.807) is 0 Å². The van der Waals surface area contributed by atoms with Crippen LogP contribution in [0, 0.1) is 6.92 Å². The number of aromatic amines is 1. The molecule has 0 aliphatic rings. The number of para-hydroxylation sites is 1. The summed E-state index contributed by atoms with van der Waals surface area (Å²) in [5, 5.41) is 13.8. The van der Waals surface area contributed by atoms with Crippen LogP contribution < -0.4 is 5.69 Å². The summed E-state index contributed by atoms with van der Waals surface area (Å²) in [7, 11) is 0. The Morgan fingerprint density at radius 1 is 1.47 bits per heavy atom. The molecule has 0 saturated heterocycles. The molecule has 0 radical (unpaired) electrons. The molecule has 0 fully saturated rings. The number of fused-ring (bicyclic) bond motifs is 3. The van der Waals surface area contributed by atoms with Gasteiger partial charge in [0.1, 0.15) is 12.3 Å². The molecule has 0 saturated carbocycles. The van der Waals surface area contributed by atoms with E-state index in [0.717, 1.165) is 10.9 Å². The van der Waals surface area contributed by atoms with Crippen LogP contribution in [0.1, 0.15) is 11.4 Å². The summed E-state index contributed by atoms with van der Waals surface area (Å²) in [5.74, 6) is 0.345. The number of benzene rings is 1. The van der Waals surface area contributed by atoms with E-state index in [2.05, 4.69) is 15.1 Å². The van der Waals surface area contributed by atoms with E-state index in [1.165, 1.54) is 4.52 Å². The van der Waals surface area contributed by atoms with Gasteiger partial charge in [-0.2, -0.15) is 9.50 Å². The fourth-order valence-corrected chi connectivity index (χ4v) is 1.92. The molecular weight excluding hydrogens is 220 g/mol. The van der Waals surface area contributed by atoms with Gasteiger partial charge in [0, 0.05) is 5.39 Å². The molecule has 0 unspecified atom stereocenters. The van der Waals surface area contributed by atoms with E-state index in [4.69, 9.17) is 5.11 Å². The van der Waals surface area contributed by atoms with Gasteiger partial charge in [-0.3, -0.25) is 0 Å². The monoisotopic (exact) mass is 230 g/mol. The van der Waals surface area contributed by atoms with Gasteiger partial charge in [-0.05, 0) is 18.6 Å². The van der Waals surface area contributed by atoms with Crippen LogP contribution in [0.25, 0.3) is 16.6 Å². The van der Waals surface area contributed by atoms with E-state index in [0.29, 0.717) is 17.0 Å². The molecule has 86 valence electrons. The molecule has 2 aromatic heterocycles. The van der Waals surface area contributed by atoms with Gasteiger partial charge in [-0.15, -0.1) is 5.10 Å². The van der Waals surface area contributed by atoms with Crippen LogP contribution in [-0.2, 0) is 6.61 Å². The molecule has 0 aliphatic heterocycles. The van der Waals surface area contributed by atoms with Crippen molar-refractivity contribution in [1.29, 1.82) is 0 Å². The largest absolute Gasteiger partial charge is 0.388 e. The third-order valence-corrected chi connectivity index (χ3v) is 2.73. The Kier molecular flexibility index (Phi) is 1.99. The lowest BCUT2D eigenvalue weighted by molar-refractivity contribution is 0.271. The maximum absolute atomic E-state index is 11.8. The van der Waals surface area contributed by atoms with E-state index < -0.39 is 5.69 Å². The lowest BCUT2D eigenvalue weighted by Gasteiger charge is -2.00. The predicted molar refractivity (Wildman–Crippen MR) is 61.8 cm³/mol. The van der Waals surface area contributed by atoms with Crippen molar-refractivity contribution in [3.8, 4) is 0 Å². The first-order valence-corrected chi connectivity index (χ1v) is 5.19. The minimum absolute atomic E-state index is 0.242. The Hall–Kier alpha value is -2.21. The van der Waals surface area contributed by atoms with E-state index in [9.17, 15) is 4.79 Å². The van der Waals surface area contributed by atoms with Crippen molar-refractivity contribution in [3.63, 3.8) is 0 Å². The molecule has 2 N–H and O–H groups in total. The van der Waals surface area contributed by atoms with E-state index in [1.807, 2.05) is 25.1 Å². The molecule has 2 heterocycles. The number of hydrogen-bond donors (Lipinski definition) is 2. The molecule has 1 aromatic carbocycles. The summed E-state index contributed by atoms with van der Waals surface area (Å²) < 4.78 is 1.17. The molecule has 0 spiro atoms. The molecule has 0 aliphatic carbocycles. The van der Waals surface area contributed by atoms with E-state index in [-0.39, 0.29) is 6.61 Å². The third kappa shape index (κ3) is 1.34. The van der Waals surface area contributed by atoms with Crippen LogP contribution in [0.3, 0.4) is 0 Å². The summed E-state index contributed by atoms with van der Waals surface area (Å²) in [6.45, 7) is 1.66. The average molecular weight is 230 g/mol. The quantitative estimate of drug-likeness (QED) is 0.632. The van der Waals surface area contributed by atoms with Crippen LogP contribution >= 0.6 is 0 Å². The highest BCUT2D eigenvalue weighted by atomic mass is 16.3. The smallest absolute Gasteiger partial charge is 0.370 e. The SMILES string of the molecule is Cc1cccc2c1nc(=O)n1nc(CO)[nH]c21. The molecule has 6 heteroatoms. The van der Waals surface area contributed by atoms with Crippen molar-refractivity contribution in [3.05, 3.63) is 40.1 Å². The summed E-state index contributed by atoms with van der Waals surface area (Å²) >= 11 is 0. The minimum Gasteiger partial charge on any atom is -0.388 e. The first kappa shape index (κ1) is 9.98. The number of aromatic nitrogens is 4. The highest BCUT2D eigenvalue weighted by molar-refractivity contribution is 5.92. The van der Waals surface area contributed by atoms with Gasteiger partial charge in [0.15, 0.2) is 5.82 Å². The van der Waals surface area contributed by atoms with Gasteiger partial charge >= 0.3 is 5.69 Å². The van der Waals surface area contributed by atoms with Gasteiger partial charge in [0.2, 0.25) is 0 Å². The fraction of sp³-hybridized carbons (Fsp3) is 0.182. The second-order valence-electron chi connectivity index (χ2n) is 3.86. The molecular formula is C11H10N4O2. The second-order valence-corrected chi connectivity index (χ2v) is 3.86. The van der Waals surface area contributed by atoms with Gasteiger partial charge in [0.05, 0.1) is 5.52 Å². The highest BCUT2D eigenvalue weighted by Crippen LogP contribution is 2.17. The zero-order chi connectivity index (χ0) is 12.0. The summed E-state index contributed by atoms with van der Waals surface area (Å²) in [5.41, 5.74) is 1.71. The maximum Gasteiger partial charge on any atom is 0.370 e. The first-order valence-electron chi connectivity index (χ1n) is 5.19. The Bertz CT molecular complexity index is 772. The van der Waals surface area contributed by atoms with Crippen molar-refractivity contribution < 1.29 is 5.11 Å². The Balaban J connectivity index is 2.59. The van der Waals surface area contributed by atoms with Crippen molar-refractivity contribution in [2.24, 2.45) is 0 Å². The number of hydrogen-bond acceptors (Lipinski definition) is 4. The molecule has 3 aromatic rings. The van der Waals surface area contributed by atoms with Crippen LogP contribution in [0.15, 0.2) is 23.0 Å². The molecule has 0 amide bonds. The van der Waals surface area contributed by atoms with Crippen molar-refractivity contribution in [2.75, 3.05) is 0 Å². The van der Waals surface area contributed by atoms with Crippen LogP contribution in [0.5, 0.6) is 0 Å². The molecule has 3 rings (SSSR count). The molecule has 17 heavy (non-hydrogen) atoms. The van der Waals surface area contributed by atoms with Crippen molar-refractivity contribution in [2.45, 2.75) is 13.5 Å². The normalized spacial score (nSPS) is 11.4.